The molecule has 3 rings (SSSR count). The first-order valence-electron chi connectivity index (χ1n) is 9.21. The van der Waals surface area contributed by atoms with Gasteiger partial charge in [0.2, 0.25) is 6.29 Å². The van der Waals surface area contributed by atoms with E-state index in [0.29, 0.717) is 13.1 Å². The van der Waals surface area contributed by atoms with E-state index in [9.17, 15) is 9.59 Å². The van der Waals surface area contributed by atoms with Crippen LogP contribution in [0.1, 0.15) is 18.4 Å². The predicted octanol–water partition coefficient (Wildman–Crippen LogP) is 1.66. The molecule has 1 fully saturated rings. The molecule has 0 amide bonds. The predicted molar refractivity (Wildman–Crippen MR) is 104 cm³/mol. The summed E-state index contributed by atoms with van der Waals surface area (Å²) in [4.78, 5) is 26.1. The molecule has 5 nitrogen and oxygen atoms in total. The number of nitrogens with one attached hydrogen (secondary N) is 2. The van der Waals surface area contributed by atoms with Crippen LogP contribution in [0.15, 0.2) is 42.5 Å². The molecule has 2 aromatic carbocycles. The number of carbonyl (C=O) groups excluding carboxylic acids is 2. The molecule has 1 saturated heterocycles. The fourth-order valence-electron chi connectivity index (χ4n) is 3.93. The molecule has 0 aromatic heterocycles. The number of carbonyl (C=O) groups is 1. The highest BCUT2D eigenvalue weighted by Gasteiger charge is 2.34. The number of hydrogen-bond donors (Lipinski definition) is 2. The molecule has 2 aromatic rings. The maximum atomic E-state index is 12.8. The van der Waals surface area contributed by atoms with Gasteiger partial charge in [-0.15, -0.1) is 0 Å². The quantitative estimate of drug-likeness (QED) is 0.719. The summed E-state index contributed by atoms with van der Waals surface area (Å²) in [6, 6.07) is 14.1. The molecule has 1 unspecified atom stereocenters. The molecule has 1 aliphatic heterocycles. The first-order valence-corrected chi connectivity index (χ1v) is 9.21. The molecule has 0 bridgehead atoms. The summed E-state index contributed by atoms with van der Waals surface area (Å²) >= 11 is 0. The highest BCUT2D eigenvalue weighted by molar-refractivity contribution is 5.88. The van der Waals surface area contributed by atoms with Gasteiger partial charge in [-0.25, -0.2) is 0 Å². The second-order valence-electron chi connectivity index (χ2n) is 6.83. The molecule has 1 aliphatic rings. The molecule has 1 radical (unpaired) electrons. The van der Waals surface area contributed by atoms with Gasteiger partial charge in [-0.05, 0) is 42.8 Å². The Kier molecular flexibility index (Phi) is 6.50. The average molecular weight is 352 g/mol. The summed E-state index contributed by atoms with van der Waals surface area (Å²) in [5.41, 5.74) is 1.12. The van der Waals surface area contributed by atoms with Crippen molar-refractivity contribution >= 4 is 22.8 Å². The third-order valence-corrected chi connectivity index (χ3v) is 5.07. The van der Waals surface area contributed by atoms with E-state index >= 15 is 0 Å². The Morgan fingerprint density at radius 2 is 2.12 bits per heavy atom. The third-order valence-electron chi connectivity index (χ3n) is 5.07. The molecule has 0 aliphatic carbocycles. The smallest absolute Gasteiger partial charge is 0.213 e. The molecule has 0 spiro atoms. The Labute approximate surface area is 154 Å². The minimum Gasteiger partial charge on any atom is -0.313 e. The number of likely N-dealkylation sites (N-methyl/N-ethyl adjacent to an activating group) is 1. The van der Waals surface area contributed by atoms with E-state index in [1.807, 2.05) is 29.4 Å². The fraction of sp³-hybridized carbons (Fsp3) is 0.429. The zero-order valence-electron chi connectivity index (χ0n) is 15.2. The minimum atomic E-state index is -0.328. The second kappa shape index (κ2) is 9.03. The van der Waals surface area contributed by atoms with Crippen LogP contribution < -0.4 is 10.6 Å². The van der Waals surface area contributed by atoms with Crippen molar-refractivity contribution in [1.29, 1.82) is 0 Å². The topological polar surface area (TPSA) is 61.4 Å². The van der Waals surface area contributed by atoms with E-state index in [4.69, 9.17) is 0 Å². The van der Waals surface area contributed by atoms with Gasteiger partial charge < -0.3 is 10.6 Å². The monoisotopic (exact) mass is 352 g/mol. The summed E-state index contributed by atoms with van der Waals surface area (Å²) in [5.74, 6) is 0.113. The number of nitrogens with zero attached hydrogens (tertiary/aromatic N) is 1. The molecule has 137 valence electrons. The fourth-order valence-corrected chi connectivity index (χ4v) is 3.93. The van der Waals surface area contributed by atoms with Crippen LogP contribution in [0.3, 0.4) is 0 Å². The van der Waals surface area contributed by atoms with Crippen molar-refractivity contribution in [3.63, 3.8) is 0 Å². The molecule has 1 heterocycles. The normalized spacial score (nSPS) is 18.3. The Bertz CT molecular complexity index is 751. The number of fused-ring (bicyclic) bond motifs is 1. The van der Waals surface area contributed by atoms with Crippen molar-refractivity contribution in [1.82, 2.24) is 15.5 Å². The van der Waals surface area contributed by atoms with E-state index in [2.05, 4.69) is 34.9 Å². The lowest BCUT2D eigenvalue weighted by atomic mass is 9.97. The maximum absolute atomic E-state index is 12.8. The largest absolute Gasteiger partial charge is 0.313 e. The summed E-state index contributed by atoms with van der Waals surface area (Å²) in [6.45, 7) is 1.89. The van der Waals surface area contributed by atoms with Crippen LogP contribution in [0, 0.1) is 0 Å². The SMILES string of the molecule is CNCC(=O)C([C@@H]1CCCN1)N(C[C]=O)Cc1cccc2ccccc12. The van der Waals surface area contributed by atoms with Gasteiger partial charge in [-0.3, -0.25) is 14.5 Å². The van der Waals surface area contributed by atoms with Crippen LogP contribution in [-0.2, 0) is 16.1 Å². The highest BCUT2D eigenvalue weighted by Crippen LogP contribution is 2.23. The van der Waals surface area contributed by atoms with Crippen molar-refractivity contribution in [2.75, 3.05) is 26.7 Å². The minimum absolute atomic E-state index is 0.0826. The second-order valence-corrected chi connectivity index (χ2v) is 6.83. The van der Waals surface area contributed by atoms with Gasteiger partial charge >= 0.3 is 0 Å². The molecule has 2 atom stereocenters. The lowest BCUT2D eigenvalue weighted by Gasteiger charge is -2.33. The summed E-state index contributed by atoms with van der Waals surface area (Å²) in [7, 11) is 1.78. The standard InChI is InChI=1S/C21H26N3O2/c1-22-14-20(26)21(19-10-5-11-23-19)24(12-13-25)15-17-8-4-7-16-6-2-3-9-18(16)17/h2-4,6-9,19,21-23H,5,10-12,14-15H2,1H3/t19-,21?/m0/s1. The Morgan fingerprint density at radius 3 is 2.85 bits per heavy atom. The van der Waals surface area contributed by atoms with Crippen molar-refractivity contribution < 1.29 is 9.59 Å². The highest BCUT2D eigenvalue weighted by atomic mass is 16.1. The first kappa shape index (κ1) is 18.7. The lowest BCUT2D eigenvalue weighted by Crippen LogP contribution is -2.54. The van der Waals surface area contributed by atoms with Gasteiger partial charge in [0.1, 0.15) is 0 Å². The zero-order chi connectivity index (χ0) is 18.4. The van der Waals surface area contributed by atoms with Crippen LogP contribution in [0.2, 0.25) is 0 Å². The van der Waals surface area contributed by atoms with Crippen molar-refractivity contribution in [2.24, 2.45) is 0 Å². The van der Waals surface area contributed by atoms with Crippen LogP contribution in [0.5, 0.6) is 0 Å². The number of benzene rings is 2. The maximum Gasteiger partial charge on any atom is 0.213 e. The van der Waals surface area contributed by atoms with E-state index in [0.717, 1.165) is 35.7 Å². The average Bonchev–Trinajstić information content (AvgIpc) is 3.17. The van der Waals surface area contributed by atoms with Gasteiger partial charge in [0.05, 0.1) is 19.1 Å². The molecular weight excluding hydrogens is 326 g/mol. The summed E-state index contributed by atoms with van der Waals surface area (Å²) in [6.07, 6.45) is 4.02. The first-order chi connectivity index (χ1) is 12.7. The molecule has 0 saturated carbocycles. The third kappa shape index (κ3) is 4.18. The van der Waals surface area contributed by atoms with Gasteiger partial charge in [-0.1, -0.05) is 42.5 Å². The molecule has 2 N–H and O–H groups in total. The number of ketones is 1. The van der Waals surface area contributed by atoms with Crippen LogP contribution in [-0.4, -0.2) is 55.7 Å². The number of hydrogen-bond acceptors (Lipinski definition) is 5. The molecule has 26 heavy (non-hydrogen) atoms. The van der Waals surface area contributed by atoms with Gasteiger partial charge in [0.15, 0.2) is 5.78 Å². The van der Waals surface area contributed by atoms with Crippen molar-refractivity contribution in [2.45, 2.75) is 31.5 Å². The molecular formula is C21H26N3O2. The Balaban J connectivity index is 1.92. The summed E-state index contributed by atoms with van der Waals surface area (Å²) < 4.78 is 0. The van der Waals surface area contributed by atoms with Gasteiger partial charge in [-0.2, -0.15) is 0 Å². The van der Waals surface area contributed by atoms with Gasteiger partial charge in [0.25, 0.3) is 0 Å². The number of rotatable bonds is 9. The molecule has 5 heteroatoms. The zero-order valence-corrected chi connectivity index (χ0v) is 15.2. The van der Waals surface area contributed by atoms with Crippen molar-refractivity contribution in [3.8, 4) is 0 Å². The van der Waals surface area contributed by atoms with E-state index in [1.54, 1.807) is 7.05 Å². The summed E-state index contributed by atoms with van der Waals surface area (Å²) in [5, 5.41) is 8.72. The van der Waals surface area contributed by atoms with Crippen LogP contribution in [0.4, 0.5) is 0 Å². The lowest BCUT2D eigenvalue weighted by molar-refractivity contribution is -0.124. The Hall–Kier alpha value is -2.08. The van der Waals surface area contributed by atoms with E-state index in [1.165, 1.54) is 0 Å². The van der Waals surface area contributed by atoms with Gasteiger partial charge in [0, 0.05) is 12.6 Å². The Morgan fingerprint density at radius 1 is 1.31 bits per heavy atom. The van der Waals surface area contributed by atoms with Crippen molar-refractivity contribution in [3.05, 3.63) is 48.0 Å². The van der Waals surface area contributed by atoms with Crippen LogP contribution in [0.25, 0.3) is 10.8 Å². The van der Waals surface area contributed by atoms with E-state index in [-0.39, 0.29) is 24.4 Å². The van der Waals surface area contributed by atoms with E-state index < -0.39 is 0 Å². The number of Topliss-reactive ketones (excluding diaryl/α,β-unsaturated/α-hetero) is 1. The van der Waals surface area contributed by atoms with Crippen LogP contribution >= 0.6 is 0 Å².